The molecule has 150 valence electrons. The first-order valence-electron chi connectivity index (χ1n) is 8.82. The lowest BCUT2D eigenvalue weighted by Crippen LogP contribution is -2.14. The summed E-state index contributed by atoms with van der Waals surface area (Å²) in [5.74, 6) is -0.413. The summed E-state index contributed by atoms with van der Waals surface area (Å²) in [6.45, 7) is 1.06. The number of hydrogen-bond donors (Lipinski definition) is 2. The van der Waals surface area contributed by atoms with E-state index in [1.54, 1.807) is 42.6 Å². The third-order valence-corrected chi connectivity index (χ3v) is 4.15. The van der Waals surface area contributed by atoms with Crippen molar-refractivity contribution in [2.75, 3.05) is 11.9 Å². The van der Waals surface area contributed by atoms with Crippen LogP contribution in [0.15, 0.2) is 60.9 Å². The van der Waals surface area contributed by atoms with Gasteiger partial charge in [0.1, 0.15) is 6.10 Å². The van der Waals surface area contributed by atoms with Crippen LogP contribution in [0.1, 0.15) is 33.3 Å². The number of ether oxygens (including phenoxy) is 1. The maximum atomic E-state index is 12.5. The Labute approximate surface area is 166 Å². The first kappa shape index (κ1) is 20.3. The molecule has 1 aromatic carbocycles. The molecule has 0 aliphatic rings. The smallest absolute Gasteiger partial charge is 0.272 e. The van der Waals surface area contributed by atoms with E-state index in [1.807, 2.05) is 6.92 Å². The quantitative estimate of drug-likeness (QED) is 0.632. The van der Waals surface area contributed by atoms with Gasteiger partial charge >= 0.3 is 0 Å². The highest BCUT2D eigenvalue weighted by atomic mass is 19.3. The normalized spacial score (nSPS) is 11.9. The van der Waals surface area contributed by atoms with Gasteiger partial charge < -0.3 is 15.2 Å². The second kappa shape index (κ2) is 9.20. The molecule has 0 fully saturated rings. The average Bonchev–Trinajstić information content (AvgIpc) is 2.74. The van der Waals surface area contributed by atoms with Gasteiger partial charge in [-0.1, -0.05) is 18.2 Å². The molecule has 3 aromatic rings. The van der Waals surface area contributed by atoms with Crippen molar-refractivity contribution in [2.24, 2.45) is 0 Å². The van der Waals surface area contributed by atoms with Crippen molar-refractivity contribution < 1.29 is 23.4 Å². The average molecular weight is 399 g/mol. The van der Waals surface area contributed by atoms with Gasteiger partial charge in [0.2, 0.25) is 5.88 Å². The minimum absolute atomic E-state index is 0.0125. The number of halogens is 2. The second-order valence-electron chi connectivity index (χ2n) is 6.27. The topological polar surface area (TPSA) is 84.3 Å². The number of rotatable bonds is 7. The van der Waals surface area contributed by atoms with Gasteiger partial charge in [0.25, 0.3) is 12.3 Å². The summed E-state index contributed by atoms with van der Waals surface area (Å²) in [6, 6.07) is 13.3. The summed E-state index contributed by atoms with van der Waals surface area (Å²) < 4.78 is 29.1. The van der Waals surface area contributed by atoms with Crippen molar-refractivity contribution in [2.45, 2.75) is 19.5 Å². The van der Waals surface area contributed by atoms with Crippen LogP contribution in [0.25, 0.3) is 0 Å². The number of pyridine rings is 2. The van der Waals surface area contributed by atoms with Crippen LogP contribution in [0.3, 0.4) is 0 Å². The number of amides is 1. The van der Waals surface area contributed by atoms with Crippen LogP contribution in [0.2, 0.25) is 0 Å². The molecule has 0 aliphatic heterocycles. The lowest BCUT2D eigenvalue weighted by atomic mass is 10.0. The van der Waals surface area contributed by atoms with Crippen LogP contribution in [0.4, 0.5) is 14.5 Å². The summed E-state index contributed by atoms with van der Waals surface area (Å²) in [4.78, 5) is 20.5. The molecule has 3 rings (SSSR count). The molecule has 8 heteroatoms. The zero-order valence-corrected chi connectivity index (χ0v) is 15.5. The molecule has 0 spiro atoms. The number of aliphatic hydroxyl groups excluding tert-OH is 1. The van der Waals surface area contributed by atoms with Gasteiger partial charge in [0.05, 0.1) is 11.3 Å². The largest absolute Gasteiger partial charge is 0.472 e. The molecule has 0 saturated carbocycles. The SMILES string of the molecule is Cc1ccc(C(O)c2ccccn2)cc1NC(=O)c1ccc(OCC(F)F)nc1. The van der Waals surface area contributed by atoms with E-state index < -0.39 is 25.0 Å². The number of alkyl halides is 2. The molecular weight excluding hydrogens is 380 g/mol. The molecule has 1 unspecified atom stereocenters. The third kappa shape index (κ3) is 5.32. The fraction of sp³-hybridized carbons (Fsp3) is 0.190. The van der Waals surface area contributed by atoms with Crippen LogP contribution in [0.5, 0.6) is 5.88 Å². The van der Waals surface area contributed by atoms with Gasteiger partial charge in [-0.05, 0) is 42.3 Å². The Morgan fingerprint density at radius 1 is 1.17 bits per heavy atom. The zero-order valence-electron chi connectivity index (χ0n) is 15.5. The lowest BCUT2D eigenvalue weighted by molar-refractivity contribution is 0.0795. The Kier molecular flexibility index (Phi) is 6.46. The van der Waals surface area contributed by atoms with E-state index in [1.165, 1.54) is 18.3 Å². The molecule has 29 heavy (non-hydrogen) atoms. The Hall–Kier alpha value is -3.39. The van der Waals surface area contributed by atoms with E-state index in [2.05, 4.69) is 15.3 Å². The van der Waals surface area contributed by atoms with Crippen molar-refractivity contribution in [1.82, 2.24) is 9.97 Å². The van der Waals surface area contributed by atoms with Crippen molar-refractivity contribution in [1.29, 1.82) is 0 Å². The van der Waals surface area contributed by atoms with Gasteiger partial charge in [-0.25, -0.2) is 13.8 Å². The van der Waals surface area contributed by atoms with Crippen LogP contribution in [-0.2, 0) is 0 Å². The van der Waals surface area contributed by atoms with Crippen molar-refractivity contribution >= 4 is 11.6 Å². The van der Waals surface area contributed by atoms with E-state index in [0.29, 0.717) is 16.9 Å². The minimum Gasteiger partial charge on any atom is -0.472 e. The Morgan fingerprint density at radius 2 is 2.00 bits per heavy atom. The van der Waals surface area contributed by atoms with Gasteiger partial charge in [0, 0.05) is 24.1 Å². The standard InChI is InChI=1S/C21H19F2N3O3/c1-13-5-6-14(20(27)16-4-2-3-9-24-16)10-17(13)26-21(28)15-7-8-19(25-11-15)29-12-18(22)23/h2-11,18,20,27H,12H2,1H3,(H,26,28). The number of carbonyl (C=O) groups is 1. The molecule has 2 aromatic heterocycles. The fourth-order valence-corrected chi connectivity index (χ4v) is 2.60. The first-order valence-corrected chi connectivity index (χ1v) is 8.82. The van der Waals surface area contributed by atoms with Crippen LogP contribution < -0.4 is 10.1 Å². The highest BCUT2D eigenvalue weighted by Crippen LogP contribution is 2.25. The molecular formula is C21H19F2N3O3. The summed E-state index contributed by atoms with van der Waals surface area (Å²) in [7, 11) is 0. The molecule has 0 bridgehead atoms. The Morgan fingerprint density at radius 3 is 2.66 bits per heavy atom. The van der Waals surface area contributed by atoms with Gasteiger partial charge in [-0.3, -0.25) is 9.78 Å². The number of aliphatic hydroxyl groups is 1. The van der Waals surface area contributed by atoms with Crippen LogP contribution in [-0.4, -0.2) is 34.0 Å². The summed E-state index contributed by atoms with van der Waals surface area (Å²) in [5.41, 5.74) is 2.65. The molecule has 2 N–H and O–H groups in total. The minimum atomic E-state index is -2.60. The van der Waals surface area contributed by atoms with Gasteiger partial charge in [0.15, 0.2) is 6.61 Å². The molecule has 6 nitrogen and oxygen atoms in total. The number of carbonyl (C=O) groups excluding carboxylic acids is 1. The first-order chi connectivity index (χ1) is 13.9. The van der Waals surface area contributed by atoms with Gasteiger partial charge in [-0.15, -0.1) is 0 Å². The van der Waals surface area contributed by atoms with E-state index >= 15 is 0 Å². The van der Waals surface area contributed by atoms with Crippen molar-refractivity contribution in [3.63, 3.8) is 0 Å². The number of benzene rings is 1. The number of anilines is 1. The predicted octanol–water partition coefficient (Wildman–Crippen LogP) is 3.76. The maximum Gasteiger partial charge on any atom is 0.272 e. The molecule has 0 saturated heterocycles. The highest BCUT2D eigenvalue weighted by molar-refractivity contribution is 6.04. The molecule has 1 amide bonds. The summed E-state index contributed by atoms with van der Waals surface area (Å²) in [5, 5.41) is 13.3. The van der Waals surface area contributed by atoms with E-state index in [0.717, 1.165) is 5.56 Å². The van der Waals surface area contributed by atoms with E-state index in [-0.39, 0.29) is 11.4 Å². The van der Waals surface area contributed by atoms with Crippen molar-refractivity contribution in [3.8, 4) is 5.88 Å². The lowest BCUT2D eigenvalue weighted by Gasteiger charge is -2.14. The number of nitrogens with zero attached hydrogens (tertiary/aromatic N) is 2. The number of aryl methyl sites for hydroxylation is 1. The van der Waals surface area contributed by atoms with Crippen molar-refractivity contribution in [3.05, 3.63) is 83.3 Å². The van der Waals surface area contributed by atoms with E-state index in [4.69, 9.17) is 4.74 Å². The number of aromatic nitrogens is 2. The zero-order chi connectivity index (χ0) is 20.8. The second-order valence-corrected chi connectivity index (χ2v) is 6.27. The summed E-state index contributed by atoms with van der Waals surface area (Å²) in [6.07, 6.45) is -0.688. The summed E-state index contributed by atoms with van der Waals surface area (Å²) >= 11 is 0. The number of hydrogen-bond acceptors (Lipinski definition) is 5. The fourth-order valence-electron chi connectivity index (χ4n) is 2.60. The molecule has 0 radical (unpaired) electrons. The molecule has 2 heterocycles. The Bertz CT molecular complexity index is 967. The third-order valence-electron chi connectivity index (χ3n) is 4.15. The van der Waals surface area contributed by atoms with Crippen LogP contribution in [0, 0.1) is 6.92 Å². The molecule has 1 atom stereocenters. The predicted molar refractivity (Wildman–Crippen MR) is 103 cm³/mol. The Balaban J connectivity index is 1.73. The number of nitrogens with one attached hydrogen (secondary N) is 1. The van der Waals surface area contributed by atoms with Gasteiger partial charge in [-0.2, -0.15) is 0 Å². The van der Waals surface area contributed by atoms with Crippen LogP contribution >= 0.6 is 0 Å². The van der Waals surface area contributed by atoms with E-state index in [9.17, 15) is 18.7 Å². The molecule has 0 aliphatic carbocycles. The highest BCUT2D eigenvalue weighted by Gasteiger charge is 2.15. The maximum absolute atomic E-state index is 12.5. The monoisotopic (exact) mass is 399 g/mol.